The molecule has 0 bridgehead atoms. The van der Waals surface area contributed by atoms with Crippen molar-refractivity contribution in [3.8, 4) is 0 Å². The van der Waals surface area contributed by atoms with Crippen LogP contribution in [-0.2, 0) is 11.2 Å². The lowest BCUT2D eigenvalue weighted by Crippen LogP contribution is -2.31. The second kappa shape index (κ2) is 4.58. The monoisotopic (exact) mass is 263 g/mol. The van der Waals surface area contributed by atoms with Gasteiger partial charge in [-0.1, -0.05) is 18.6 Å². The number of benzene rings is 1. The molecule has 0 saturated heterocycles. The number of rotatable bonds is 2. The first-order chi connectivity index (χ1) is 8.66. The number of alkyl halides is 1. The third kappa shape index (κ3) is 1.93. The van der Waals surface area contributed by atoms with E-state index in [2.05, 4.69) is 18.2 Å². The van der Waals surface area contributed by atoms with E-state index < -0.39 is 0 Å². The first-order valence-corrected chi connectivity index (χ1v) is 7.14. The van der Waals surface area contributed by atoms with Crippen molar-refractivity contribution < 1.29 is 4.79 Å². The molecule has 2 aliphatic rings. The number of fused-ring (bicyclic) bond motifs is 1. The maximum absolute atomic E-state index is 11.6. The highest BCUT2D eigenvalue weighted by atomic mass is 35.5. The average Bonchev–Trinajstić information content (AvgIpc) is 2.31. The summed E-state index contributed by atoms with van der Waals surface area (Å²) in [4.78, 5) is 13.4. The summed E-state index contributed by atoms with van der Waals surface area (Å²) in [6, 6.07) is 6.34. The van der Waals surface area contributed by atoms with Gasteiger partial charge in [-0.3, -0.25) is 4.79 Å². The summed E-state index contributed by atoms with van der Waals surface area (Å²) in [6.07, 6.45) is 5.29. The fourth-order valence-electron chi connectivity index (χ4n) is 2.85. The lowest BCUT2D eigenvalue weighted by Gasteiger charge is -2.31. The first-order valence-electron chi connectivity index (χ1n) is 6.70. The van der Waals surface area contributed by atoms with E-state index in [1.165, 1.54) is 30.4 Å². The van der Waals surface area contributed by atoms with Crippen molar-refractivity contribution in [3.05, 3.63) is 29.3 Å². The number of amides is 1. The molecule has 0 aromatic heterocycles. The van der Waals surface area contributed by atoms with Crippen molar-refractivity contribution in [2.45, 2.75) is 37.5 Å². The Hall–Kier alpha value is -1.02. The fraction of sp³-hybridized carbons (Fsp3) is 0.533. The van der Waals surface area contributed by atoms with E-state index in [-0.39, 0.29) is 11.3 Å². The van der Waals surface area contributed by atoms with Crippen molar-refractivity contribution in [1.29, 1.82) is 0 Å². The van der Waals surface area contributed by atoms with E-state index >= 15 is 0 Å². The zero-order valence-electron chi connectivity index (χ0n) is 10.7. The SMILES string of the molecule is CN1C(=O)CCc2cc(C(Cl)C3CCC3)ccc21. The number of aryl methyl sites for hydroxylation is 1. The maximum Gasteiger partial charge on any atom is 0.227 e. The molecule has 1 aliphatic heterocycles. The van der Waals surface area contributed by atoms with Crippen LogP contribution in [0.3, 0.4) is 0 Å². The topological polar surface area (TPSA) is 20.3 Å². The highest BCUT2D eigenvalue weighted by Gasteiger charge is 2.28. The number of carbonyl (C=O) groups is 1. The number of hydrogen-bond donors (Lipinski definition) is 0. The molecule has 1 amide bonds. The first kappa shape index (κ1) is 12.0. The largest absolute Gasteiger partial charge is 0.315 e. The van der Waals surface area contributed by atoms with E-state index in [9.17, 15) is 4.79 Å². The van der Waals surface area contributed by atoms with Gasteiger partial charge in [-0.05, 0) is 42.4 Å². The molecule has 96 valence electrons. The van der Waals surface area contributed by atoms with Crippen LogP contribution in [0.25, 0.3) is 0 Å². The third-order valence-electron chi connectivity index (χ3n) is 4.33. The van der Waals surface area contributed by atoms with Crippen molar-refractivity contribution in [2.24, 2.45) is 5.92 Å². The van der Waals surface area contributed by atoms with E-state index in [0.29, 0.717) is 12.3 Å². The zero-order chi connectivity index (χ0) is 12.7. The van der Waals surface area contributed by atoms with Gasteiger partial charge in [-0.15, -0.1) is 11.6 Å². The normalized spacial score (nSPS) is 21.4. The molecule has 1 aromatic carbocycles. The number of nitrogens with zero attached hydrogens (tertiary/aromatic N) is 1. The van der Waals surface area contributed by atoms with Crippen molar-refractivity contribution in [1.82, 2.24) is 0 Å². The third-order valence-corrected chi connectivity index (χ3v) is 4.94. The minimum atomic E-state index is 0.145. The van der Waals surface area contributed by atoms with E-state index in [0.717, 1.165) is 12.1 Å². The summed E-state index contributed by atoms with van der Waals surface area (Å²) < 4.78 is 0. The molecule has 18 heavy (non-hydrogen) atoms. The van der Waals surface area contributed by atoms with Crippen LogP contribution in [-0.4, -0.2) is 13.0 Å². The summed E-state index contributed by atoms with van der Waals surface area (Å²) in [6.45, 7) is 0. The predicted molar refractivity (Wildman–Crippen MR) is 74.1 cm³/mol. The van der Waals surface area contributed by atoms with Gasteiger partial charge >= 0.3 is 0 Å². The molecule has 1 atom stereocenters. The van der Waals surface area contributed by atoms with Crippen molar-refractivity contribution in [2.75, 3.05) is 11.9 Å². The molecule has 0 radical (unpaired) electrons. The van der Waals surface area contributed by atoms with Crippen LogP contribution < -0.4 is 4.90 Å². The number of halogens is 1. The van der Waals surface area contributed by atoms with Crippen LogP contribution in [0, 0.1) is 5.92 Å². The second-order valence-electron chi connectivity index (χ2n) is 5.43. The van der Waals surface area contributed by atoms with Crippen LogP contribution >= 0.6 is 11.6 Å². The van der Waals surface area contributed by atoms with E-state index in [1.54, 1.807) is 4.90 Å². The lowest BCUT2D eigenvalue weighted by atomic mass is 9.80. The fourth-order valence-corrected chi connectivity index (χ4v) is 3.24. The van der Waals surface area contributed by atoms with Gasteiger partial charge in [0.2, 0.25) is 5.91 Å². The van der Waals surface area contributed by atoms with Gasteiger partial charge in [0.1, 0.15) is 0 Å². The zero-order valence-corrected chi connectivity index (χ0v) is 11.4. The lowest BCUT2D eigenvalue weighted by molar-refractivity contribution is -0.118. The summed E-state index contributed by atoms with van der Waals surface area (Å²) in [5, 5.41) is 0.145. The van der Waals surface area contributed by atoms with Gasteiger partial charge < -0.3 is 4.90 Å². The minimum absolute atomic E-state index is 0.145. The summed E-state index contributed by atoms with van der Waals surface area (Å²) in [5.74, 6) is 0.851. The molecule has 1 unspecified atom stereocenters. The van der Waals surface area contributed by atoms with Gasteiger partial charge in [0, 0.05) is 19.2 Å². The van der Waals surface area contributed by atoms with Crippen molar-refractivity contribution >= 4 is 23.2 Å². The molecule has 0 spiro atoms. The molecular formula is C15H18ClNO. The van der Waals surface area contributed by atoms with E-state index in [4.69, 9.17) is 11.6 Å². The van der Waals surface area contributed by atoms with Gasteiger partial charge in [0.05, 0.1) is 5.38 Å². The Morgan fingerprint density at radius 3 is 2.78 bits per heavy atom. The Bertz CT molecular complexity index is 481. The Labute approximate surface area is 113 Å². The average molecular weight is 264 g/mol. The molecule has 2 nitrogen and oxygen atoms in total. The number of carbonyl (C=O) groups excluding carboxylic acids is 1. The quantitative estimate of drug-likeness (QED) is 0.746. The van der Waals surface area contributed by atoms with Crippen molar-refractivity contribution in [3.63, 3.8) is 0 Å². The highest BCUT2D eigenvalue weighted by molar-refractivity contribution is 6.21. The smallest absolute Gasteiger partial charge is 0.227 e. The molecule has 1 aliphatic carbocycles. The molecule has 3 rings (SSSR count). The highest BCUT2D eigenvalue weighted by Crippen LogP contribution is 2.43. The Morgan fingerprint density at radius 1 is 1.33 bits per heavy atom. The standard InChI is InChI=1S/C15H18ClNO/c1-17-13-7-5-12(15(16)10-3-2-4-10)9-11(13)6-8-14(17)18/h5,7,9-10,15H,2-4,6,8H2,1H3. The summed E-state index contributed by atoms with van der Waals surface area (Å²) in [7, 11) is 1.85. The van der Waals surface area contributed by atoms with Crippen LogP contribution in [0.5, 0.6) is 0 Å². The molecule has 1 saturated carbocycles. The Kier molecular flexibility index (Phi) is 3.06. The second-order valence-corrected chi connectivity index (χ2v) is 5.90. The van der Waals surface area contributed by atoms with E-state index in [1.807, 2.05) is 7.05 Å². The Morgan fingerprint density at radius 2 is 2.11 bits per heavy atom. The van der Waals surface area contributed by atoms with Gasteiger partial charge in [-0.2, -0.15) is 0 Å². The number of anilines is 1. The minimum Gasteiger partial charge on any atom is -0.315 e. The summed E-state index contributed by atoms with van der Waals surface area (Å²) in [5.41, 5.74) is 3.54. The molecule has 1 fully saturated rings. The summed E-state index contributed by atoms with van der Waals surface area (Å²) >= 11 is 6.54. The maximum atomic E-state index is 11.6. The molecular weight excluding hydrogens is 246 g/mol. The molecule has 3 heteroatoms. The molecule has 1 aromatic rings. The van der Waals surface area contributed by atoms with Crippen LogP contribution in [0.4, 0.5) is 5.69 Å². The molecule has 1 heterocycles. The predicted octanol–water partition coefficient (Wildman–Crippen LogP) is 3.68. The molecule has 0 N–H and O–H groups in total. The Balaban J connectivity index is 1.89. The van der Waals surface area contributed by atoms with Gasteiger partial charge in [0.25, 0.3) is 0 Å². The van der Waals surface area contributed by atoms with Gasteiger partial charge in [0.15, 0.2) is 0 Å². The van der Waals surface area contributed by atoms with Gasteiger partial charge in [-0.25, -0.2) is 0 Å². The van der Waals surface area contributed by atoms with Crippen LogP contribution in [0.15, 0.2) is 18.2 Å². The van der Waals surface area contributed by atoms with Crippen LogP contribution in [0.2, 0.25) is 0 Å². The number of hydrogen-bond acceptors (Lipinski definition) is 1. The van der Waals surface area contributed by atoms with Crippen LogP contribution in [0.1, 0.15) is 42.2 Å².